The molecule has 3 aromatic rings. The Balaban J connectivity index is 0.942. The topological polar surface area (TPSA) is 114 Å². The smallest absolute Gasteiger partial charge is 0.411 e. The van der Waals surface area contributed by atoms with Crippen molar-refractivity contribution >= 4 is 29.5 Å². The van der Waals surface area contributed by atoms with Gasteiger partial charge in [-0.25, -0.2) is 9.59 Å². The van der Waals surface area contributed by atoms with Crippen molar-refractivity contribution in [1.29, 1.82) is 0 Å². The summed E-state index contributed by atoms with van der Waals surface area (Å²) in [5.41, 5.74) is 5.90. The fourth-order valence-corrected chi connectivity index (χ4v) is 7.30. The van der Waals surface area contributed by atoms with Gasteiger partial charge in [0.2, 0.25) is 5.91 Å². The van der Waals surface area contributed by atoms with Gasteiger partial charge in [0.05, 0.1) is 11.7 Å². The lowest BCUT2D eigenvalue weighted by atomic mass is 9.77. The van der Waals surface area contributed by atoms with Crippen LogP contribution in [0.25, 0.3) is 11.1 Å². The minimum atomic E-state index is -0.861. The number of nitrogens with zero attached hydrogens (tertiary/aromatic N) is 3. The number of hydrogen-bond acceptors (Lipinski definition) is 6. The minimum Gasteiger partial charge on any atom is -0.465 e. The molecule has 3 aromatic carbocycles. The lowest BCUT2D eigenvalue weighted by Crippen LogP contribution is -2.44. The quantitative estimate of drug-likeness (QED) is 0.155. The first-order valence-corrected chi connectivity index (χ1v) is 18.4. The molecule has 1 saturated heterocycles. The molecule has 51 heavy (non-hydrogen) atoms. The second-order valence-electron chi connectivity index (χ2n) is 14.9. The highest BCUT2D eigenvalue weighted by Gasteiger charge is 2.38. The van der Waals surface area contributed by atoms with Crippen molar-refractivity contribution in [3.63, 3.8) is 0 Å². The first-order valence-electron chi connectivity index (χ1n) is 18.4. The van der Waals surface area contributed by atoms with Gasteiger partial charge in [-0.1, -0.05) is 81.8 Å². The number of carboxylic acid groups (broad SMARTS) is 1. The number of carbonyl (C=O) groups excluding carboxylic acids is 2. The summed E-state index contributed by atoms with van der Waals surface area (Å²) in [6, 6.07) is 23.9. The molecule has 5 rings (SSSR count). The van der Waals surface area contributed by atoms with Crippen LogP contribution in [0, 0.1) is 5.41 Å². The van der Waals surface area contributed by atoms with Gasteiger partial charge in [0.15, 0.2) is 0 Å². The van der Waals surface area contributed by atoms with E-state index in [-0.39, 0.29) is 23.5 Å². The van der Waals surface area contributed by atoms with E-state index in [4.69, 9.17) is 4.74 Å². The highest BCUT2D eigenvalue weighted by molar-refractivity contribution is 5.91. The molecule has 3 amide bonds. The third-order valence-corrected chi connectivity index (χ3v) is 10.1. The number of carbonyl (C=O) groups is 3. The zero-order valence-corrected chi connectivity index (χ0v) is 30.7. The molecule has 274 valence electrons. The van der Waals surface area contributed by atoms with E-state index in [1.54, 1.807) is 4.90 Å². The van der Waals surface area contributed by atoms with Crippen molar-refractivity contribution in [2.24, 2.45) is 5.41 Å². The zero-order chi connectivity index (χ0) is 36.4. The van der Waals surface area contributed by atoms with E-state index in [2.05, 4.69) is 54.5 Å². The van der Waals surface area contributed by atoms with Crippen LogP contribution in [0.5, 0.6) is 0 Å². The molecular formula is C41H55N5O5. The van der Waals surface area contributed by atoms with Gasteiger partial charge in [0.25, 0.3) is 0 Å². The molecule has 10 nitrogen and oxygen atoms in total. The van der Waals surface area contributed by atoms with Gasteiger partial charge in [-0.2, -0.15) is 0 Å². The molecule has 1 fully saturated rings. The van der Waals surface area contributed by atoms with Crippen LogP contribution in [0.1, 0.15) is 76.5 Å². The molecule has 0 aliphatic carbocycles. The standard InChI is InChI=1S/C41H55N5O5/c1-41(2,3)38-35-19-18-32(29-31(35)20-26-46(38)40(49)50)42-23-12-6-9-17-37(47)44(4)27-28-45-24-21-33(22-25-45)51-39(48)43-36-16-11-10-15-34(36)30-13-7-5-8-14-30/h5,7-8,10-11,13-16,18-19,29,33,38,42H,6,9,12,17,20-28H2,1-4H3,(H,43,48)(H,49,50). The van der Waals surface area contributed by atoms with Crippen LogP contribution >= 0.6 is 0 Å². The van der Waals surface area contributed by atoms with Crippen molar-refractivity contribution in [1.82, 2.24) is 14.7 Å². The highest BCUT2D eigenvalue weighted by Crippen LogP contribution is 2.43. The van der Waals surface area contributed by atoms with Gasteiger partial charge in [-0.05, 0) is 72.4 Å². The Bertz CT molecular complexity index is 1620. The SMILES string of the molecule is CN(CCN1CCC(OC(=O)Nc2ccccc2-c2ccccc2)CC1)C(=O)CCCCCNc1ccc2c(c1)CCN(C(=O)O)C2C(C)(C)C. The van der Waals surface area contributed by atoms with E-state index in [9.17, 15) is 19.5 Å². The average molecular weight is 698 g/mol. The number of piperidine rings is 1. The lowest BCUT2D eigenvalue weighted by Gasteiger charge is -2.43. The predicted octanol–water partition coefficient (Wildman–Crippen LogP) is 8.12. The first kappa shape index (κ1) is 37.7. The number of likely N-dealkylation sites (N-methyl/N-ethyl adjacent to an activating group) is 1. The maximum absolute atomic E-state index is 12.8. The average Bonchev–Trinajstić information content (AvgIpc) is 3.12. The molecule has 1 unspecified atom stereocenters. The number of fused-ring (bicyclic) bond motifs is 1. The second-order valence-corrected chi connectivity index (χ2v) is 14.9. The van der Waals surface area contributed by atoms with Crippen molar-refractivity contribution in [3.8, 4) is 11.1 Å². The van der Waals surface area contributed by atoms with Gasteiger partial charge in [0.1, 0.15) is 6.10 Å². The number of likely N-dealkylation sites (tertiary alicyclic amines) is 1. The Kier molecular flexibility index (Phi) is 13.0. The van der Waals surface area contributed by atoms with Crippen LogP contribution in [0.15, 0.2) is 72.8 Å². The largest absolute Gasteiger partial charge is 0.465 e. The van der Waals surface area contributed by atoms with E-state index in [1.165, 1.54) is 5.56 Å². The number of amides is 3. The lowest BCUT2D eigenvalue weighted by molar-refractivity contribution is -0.130. The molecule has 3 N–H and O–H groups in total. The summed E-state index contributed by atoms with van der Waals surface area (Å²) in [7, 11) is 1.88. The molecular weight excluding hydrogens is 642 g/mol. The summed E-state index contributed by atoms with van der Waals surface area (Å²) >= 11 is 0. The van der Waals surface area contributed by atoms with E-state index >= 15 is 0 Å². The van der Waals surface area contributed by atoms with Crippen LogP contribution in [-0.2, 0) is 16.0 Å². The Morgan fingerprint density at radius 1 is 0.922 bits per heavy atom. The van der Waals surface area contributed by atoms with Crippen LogP contribution in [0.3, 0.4) is 0 Å². The zero-order valence-electron chi connectivity index (χ0n) is 30.7. The number of nitrogens with one attached hydrogen (secondary N) is 2. The number of anilines is 2. The van der Waals surface area contributed by atoms with Gasteiger partial charge in [-0.3, -0.25) is 10.1 Å². The summed E-state index contributed by atoms with van der Waals surface area (Å²) in [6.07, 6.45) is 4.18. The van der Waals surface area contributed by atoms with Gasteiger partial charge >= 0.3 is 12.2 Å². The van der Waals surface area contributed by atoms with E-state index in [1.807, 2.05) is 66.5 Å². The third kappa shape index (κ3) is 10.5. The van der Waals surface area contributed by atoms with E-state index in [0.717, 1.165) is 92.8 Å². The van der Waals surface area contributed by atoms with Gasteiger partial charge in [0, 0.05) is 64.0 Å². The van der Waals surface area contributed by atoms with Crippen LogP contribution < -0.4 is 10.6 Å². The summed E-state index contributed by atoms with van der Waals surface area (Å²) in [5, 5.41) is 16.2. The number of hydrogen-bond donors (Lipinski definition) is 3. The highest BCUT2D eigenvalue weighted by atomic mass is 16.6. The molecule has 2 aliphatic rings. The molecule has 10 heteroatoms. The first-order chi connectivity index (χ1) is 24.5. The molecule has 2 aliphatic heterocycles. The van der Waals surface area contributed by atoms with Crippen LogP contribution in [0.4, 0.5) is 21.0 Å². The van der Waals surface area contributed by atoms with Crippen LogP contribution in [-0.4, -0.2) is 90.3 Å². The maximum atomic E-state index is 12.8. The van der Waals surface area contributed by atoms with Crippen molar-refractivity contribution < 1.29 is 24.2 Å². The summed E-state index contributed by atoms with van der Waals surface area (Å²) in [6.45, 7) is 10.8. The number of para-hydroxylation sites is 1. The van der Waals surface area contributed by atoms with E-state index < -0.39 is 12.2 Å². The van der Waals surface area contributed by atoms with Crippen molar-refractivity contribution in [2.45, 2.75) is 77.9 Å². The van der Waals surface area contributed by atoms with Gasteiger partial charge in [-0.15, -0.1) is 0 Å². The normalized spacial score (nSPS) is 16.6. The monoisotopic (exact) mass is 697 g/mol. The Morgan fingerprint density at radius 2 is 1.65 bits per heavy atom. The molecule has 0 bridgehead atoms. The molecule has 0 aromatic heterocycles. The van der Waals surface area contributed by atoms with Crippen molar-refractivity contribution in [3.05, 3.63) is 83.9 Å². The number of unbranched alkanes of at least 4 members (excludes halogenated alkanes) is 2. The summed E-state index contributed by atoms with van der Waals surface area (Å²) in [4.78, 5) is 43.2. The number of rotatable bonds is 13. The van der Waals surface area contributed by atoms with E-state index in [0.29, 0.717) is 19.5 Å². The number of benzene rings is 3. The summed E-state index contributed by atoms with van der Waals surface area (Å²) < 4.78 is 5.78. The molecule has 0 radical (unpaired) electrons. The maximum Gasteiger partial charge on any atom is 0.411 e. The fourth-order valence-electron chi connectivity index (χ4n) is 7.30. The van der Waals surface area contributed by atoms with Crippen molar-refractivity contribution in [2.75, 3.05) is 56.9 Å². The fraction of sp³-hybridized carbons (Fsp3) is 0.488. The Morgan fingerprint density at radius 3 is 2.37 bits per heavy atom. The van der Waals surface area contributed by atoms with Crippen LogP contribution in [0.2, 0.25) is 0 Å². The Labute approximate surface area is 303 Å². The molecule has 1 atom stereocenters. The van der Waals surface area contributed by atoms with Gasteiger partial charge < -0.3 is 29.9 Å². The molecule has 2 heterocycles. The minimum absolute atomic E-state index is 0.128. The Hall–Kier alpha value is -4.57. The second kappa shape index (κ2) is 17.6. The molecule has 0 saturated carbocycles. The summed E-state index contributed by atoms with van der Waals surface area (Å²) in [5.74, 6) is 0.173. The number of ether oxygens (including phenoxy) is 1. The predicted molar refractivity (Wildman–Crippen MR) is 203 cm³/mol. The third-order valence-electron chi connectivity index (χ3n) is 10.1. The molecule has 0 spiro atoms.